The second-order valence-corrected chi connectivity index (χ2v) is 8.97. The molecule has 0 spiro atoms. The zero-order chi connectivity index (χ0) is 22.5. The van der Waals surface area contributed by atoms with Gasteiger partial charge in [0.2, 0.25) is 0 Å². The van der Waals surface area contributed by atoms with E-state index >= 15 is 0 Å². The Bertz CT molecular complexity index is 1470. The number of nitrogens with one attached hydrogen (secondary N) is 1. The minimum atomic E-state index is 0.725. The Hall–Kier alpha value is -3.64. The number of aryl methyl sites for hydroxylation is 2. The fourth-order valence-electron chi connectivity index (χ4n) is 4.73. The van der Waals surface area contributed by atoms with Crippen LogP contribution in [-0.4, -0.2) is 31.5 Å². The molecule has 0 bridgehead atoms. The van der Waals surface area contributed by atoms with Crippen LogP contribution in [0.2, 0.25) is 5.02 Å². The predicted octanol–water partition coefficient (Wildman–Crippen LogP) is 5.64. The Morgan fingerprint density at radius 1 is 1.00 bits per heavy atom. The minimum Gasteiger partial charge on any atom is -0.352 e. The quantitative estimate of drug-likeness (QED) is 0.383. The van der Waals surface area contributed by atoms with E-state index in [0.29, 0.717) is 0 Å². The zero-order valence-corrected chi connectivity index (χ0v) is 19.3. The summed E-state index contributed by atoms with van der Waals surface area (Å²) < 4.78 is 1.95. The van der Waals surface area contributed by atoms with Crippen molar-refractivity contribution in [1.82, 2.24) is 25.0 Å². The Balaban J connectivity index is 1.42. The number of pyridine rings is 1. The molecule has 33 heavy (non-hydrogen) atoms. The molecule has 4 heterocycles. The highest BCUT2D eigenvalue weighted by molar-refractivity contribution is 6.30. The van der Waals surface area contributed by atoms with Crippen LogP contribution in [0.15, 0.2) is 60.7 Å². The van der Waals surface area contributed by atoms with Gasteiger partial charge in [0.05, 0.1) is 17.1 Å². The number of anilines is 1. The lowest BCUT2D eigenvalue weighted by Gasteiger charge is -2.28. The lowest BCUT2D eigenvalue weighted by molar-refractivity contribution is 0.711. The van der Waals surface area contributed by atoms with Crippen molar-refractivity contribution in [3.63, 3.8) is 0 Å². The molecule has 0 fully saturated rings. The third kappa shape index (κ3) is 3.38. The number of para-hydroxylation sites is 1. The molecule has 0 saturated carbocycles. The molecule has 7 heteroatoms. The van der Waals surface area contributed by atoms with E-state index in [1.807, 2.05) is 54.1 Å². The van der Waals surface area contributed by atoms with Crippen molar-refractivity contribution in [2.75, 3.05) is 11.4 Å². The van der Waals surface area contributed by atoms with E-state index in [2.05, 4.69) is 40.2 Å². The first kappa shape index (κ1) is 20.0. The number of rotatable bonds is 3. The molecular weight excluding hydrogens is 432 g/mol. The molecule has 1 N–H and O–H groups in total. The lowest BCUT2D eigenvalue weighted by Crippen LogP contribution is -2.31. The first-order chi connectivity index (χ1) is 16.1. The number of hydrogen-bond donors (Lipinski definition) is 1. The molecule has 0 radical (unpaired) electrons. The highest BCUT2D eigenvalue weighted by Gasteiger charge is 2.25. The summed E-state index contributed by atoms with van der Waals surface area (Å²) in [7, 11) is 0. The van der Waals surface area contributed by atoms with Gasteiger partial charge in [-0.05, 0) is 49.7 Å². The van der Waals surface area contributed by atoms with Crippen LogP contribution in [0, 0.1) is 13.8 Å². The molecule has 6 nitrogen and oxygen atoms in total. The fraction of sp³-hybridized carbons (Fsp3) is 0.192. The smallest absolute Gasteiger partial charge is 0.165 e. The van der Waals surface area contributed by atoms with Crippen molar-refractivity contribution >= 4 is 28.5 Å². The summed E-state index contributed by atoms with van der Waals surface area (Å²) in [6.07, 6.45) is 0.895. The average Bonchev–Trinajstić information content (AvgIpc) is 3.41. The molecule has 5 aromatic rings. The largest absolute Gasteiger partial charge is 0.352 e. The number of aromatic nitrogens is 5. The van der Waals surface area contributed by atoms with Gasteiger partial charge in [-0.15, -0.1) is 0 Å². The molecule has 0 saturated heterocycles. The second kappa shape index (κ2) is 7.74. The summed E-state index contributed by atoms with van der Waals surface area (Å²) in [4.78, 5) is 7.44. The van der Waals surface area contributed by atoms with Crippen LogP contribution in [0.25, 0.3) is 28.0 Å². The highest BCUT2D eigenvalue weighted by Crippen LogP contribution is 2.33. The number of benzene rings is 2. The van der Waals surface area contributed by atoms with Gasteiger partial charge in [0, 0.05) is 46.7 Å². The van der Waals surface area contributed by atoms with Gasteiger partial charge in [0.25, 0.3) is 0 Å². The number of fused-ring (bicyclic) bond motifs is 2. The van der Waals surface area contributed by atoms with Gasteiger partial charge in [-0.1, -0.05) is 41.9 Å². The van der Waals surface area contributed by atoms with E-state index in [1.54, 1.807) is 0 Å². The molecule has 3 aromatic heterocycles. The average molecular weight is 455 g/mol. The maximum Gasteiger partial charge on any atom is 0.165 e. The first-order valence-corrected chi connectivity index (χ1v) is 11.5. The SMILES string of the molecule is Cc1cc(N2CCc3[nH]nc(-c4ccc(Cl)cc4)c3C2)nc2c1c(C)nn2-c1ccccc1. The van der Waals surface area contributed by atoms with Crippen LogP contribution in [0.5, 0.6) is 0 Å². The Labute approximate surface area is 196 Å². The molecule has 2 aromatic carbocycles. The molecule has 0 atom stereocenters. The van der Waals surface area contributed by atoms with E-state index < -0.39 is 0 Å². The van der Waals surface area contributed by atoms with Crippen molar-refractivity contribution < 1.29 is 0 Å². The lowest BCUT2D eigenvalue weighted by atomic mass is 10.0. The summed E-state index contributed by atoms with van der Waals surface area (Å²) in [6.45, 7) is 5.82. The highest BCUT2D eigenvalue weighted by atomic mass is 35.5. The summed E-state index contributed by atoms with van der Waals surface area (Å²) in [5.41, 5.74) is 8.54. The molecular formula is C26H23ClN6. The van der Waals surface area contributed by atoms with Crippen LogP contribution in [0.4, 0.5) is 5.82 Å². The number of aromatic amines is 1. The van der Waals surface area contributed by atoms with Crippen molar-refractivity contribution in [2.24, 2.45) is 0 Å². The predicted molar refractivity (Wildman–Crippen MR) is 132 cm³/mol. The van der Waals surface area contributed by atoms with Crippen molar-refractivity contribution in [3.05, 3.63) is 88.2 Å². The topological polar surface area (TPSA) is 62.6 Å². The maximum absolute atomic E-state index is 6.09. The first-order valence-electron chi connectivity index (χ1n) is 11.1. The van der Waals surface area contributed by atoms with Gasteiger partial charge in [-0.2, -0.15) is 10.2 Å². The number of H-pyrrole nitrogens is 1. The zero-order valence-electron chi connectivity index (χ0n) is 18.5. The van der Waals surface area contributed by atoms with Gasteiger partial charge in [0.1, 0.15) is 5.82 Å². The van der Waals surface area contributed by atoms with E-state index in [9.17, 15) is 0 Å². The van der Waals surface area contributed by atoms with Gasteiger partial charge < -0.3 is 4.90 Å². The number of nitrogens with zero attached hydrogens (tertiary/aromatic N) is 5. The van der Waals surface area contributed by atoms with Crippen LogP contribution < -0.4 is 4.90 Å². The van der Waals surface area contributed by atoms with Crippen molar-refractivity contribution in [1.29, 1.82) is 0 Å². The maximum atomic E-state index is 6.09. The minimum absolute atomic E-state index is 0.725. The standard InChI is InChI=1S/C26H23ClN6/c1-16-14-23(28-26-24(16)17(2)31-33(26)20-6-4-3-5-7-20)32-13-12-22-21(15-32)25(30-29-22)18-8-10-19(27)11-9-18/h3-11,14H,12-13,15H2,1-2H3,(H,29,30). The molecule has 6 rings (SSSR count). The Kier molecular flexibility index (Phi) is 4.69. The summed E-state index contributed by atoms with van der Waals surface area (Å²) in [5, 5.41) is 14.5. The van der Waals surface area contributed by atoms with Crippen LogP contribution >= 0.6 is 11.6 Å². The summed E-state index contributed by atoms with van der Waals surface area (Å²) in [6, 6.07) is 20.2. The molecule has 1 aliphatic heterocycles. The van der Waals surface area contributed by atoms with Crippen LogP contribution in [0.3, 0.4) is 0 Å². The summed E-state index contributed by atoms with van der Waals surface area (Å²) in [5.74, 6) is 0.964. The van der Waals surface area contributed by atoms with Crippen LogP contribution in [-0.2, 0) is 13.0 Å². The Morgan fingerprint density at radius 2 is 1.79 bits per heavy atom. The van der Waals surface area contributed by atoms with Gasteiger partial charge in [-0.25, -0.2) is 9.67 Å². The van der Waals surface area contributed by atoms with E-state index in [0.717, 1.165) is 64.0 Å². The normalized spacial score (nSPS) is 13.5. The third-order valence-electron chi connectivity index (χ3n) is 6.37. The molecule has 0 amide bonds. The van der Waals surface area contributed by atoms with Gasteiger partial charge >= 0.3 is 0 Å². The van der Waals surface area contributed by atoms with E-state index in [1.165, 1.54) is 16.8 Å². The Morgan fingerprint density at radius 3 is 2.58 bits per heavy atom. The molecule has 1 aliphatic rings. The van der Waals surface area contributed by atoms with Crippen molar-refractivity contribution in [3.8, 4) is 16.9 Å². The van der Waals surface area contributed by atoms with E-state index in [4.69, 9.17) is 21.7 Å². The third-order valence-corrected chi connectivity index (χ3v) is 6.62. The van der Waals surface area contributed by atoms with Crippen molar-refractivity contribution in [2.45, 2.75) is 26.8 Å². The second-order valence-electron chi connectivity index (χ2n) is 8.54. The molecule has 164 valence electrons. The monoisotopic (exact) mass is 454 g/mol. The summed E-state index contributed by atoms with van der Waals surface area (Å²) >= 11 is 6.09. The van der Waals surface area contributed by atoms with E-state index in [-0.39, 0.29) is 0 Å². The van der Waals surface area contributed by atoms with Gasteiger partial charge in [0.15, 0.2) is 5.65 Å². The molecule has 0 unspecified atom stereocenters. The number of hydrogen-bond acceptors (Lipinski definition) is 4. The van der Waals surface area contributed by atoms with Gasteiger partial charge in [-0.3, -0.25) is 5.10 Å². The fourth-order valence-corrected chi connectivity index (χ4v) is 4.86. The van der Waals surface area contributed by atoms with Crippen LogP contribution in [0.1, 0.15) is 22.5 Å². The molecule has 0 aliphatic carbocycles. The number of halogens is 1.